The van der Waals surface area contributed by atoms with Crippen LogP contribution < -0.4 is 0 Å². The van der Waals surface area contributed by atoms with Gasteiger partial charge >= 0.3 is 18.8 Å². The number of halogens is 5. The maximum Gasteiger partial charge on any atom is 0.673 e. The lowest BCUT2D eigenvalue weighted by atomic mass is 10.0. The topological polar surface area (TPSA) is 11.3 Å². The van der Waals surface area contributed by atoms with Gasteiger partial charge in [-0.25, -0.2) is 4.42 Å². The average Bonchev–Trinajstić information content (AvgIpc) is 2.73. The Morgan fingerprint density at radius 1 is 0.533 bits per heavy atom. The average molecular weight is 475 g/mol. The molecule has 152 valence electrons. The van der Waals surface area contributed by atoms with Gasteiger partial charge in [0.1, 0.15) is 0 Å². The summed E-state index contributed by atoms with van der Waals surface area (Å²) in [5, 5.41) is 0. The van der Waals surface area contributed by atoms with Crippen molar-refractivity contribution in [1.82, 2.24) is 0 Å². The minimum atomic E-state index is -6.00. The predicted molar refractivity (Wildman–Crippen MR) is 117 cm³/mol. The molecular weight excluding hydrogens is 459 g/mol. The highest BCUT2D eigenvalue weighted by Crippen LogP contribution is 2.33. The summed E-state index contributed by atoms with van der Waals surface area (Å²) in [6, 6.07) is 33.0. The maximum absolute atomic E-state index is 9.75. The molecule has 0 unspecified atom stereocenters. The molecule has 1 nitrogen and oxygen atoms in total. The van der Waals surface area contributed by atoms with Crippen molar-refractivity contribution in [3.8, 4) is 33.8 Å². The molecule has 0 saturated heterocycles. The van der Waals surface area contributed by atoms with Gasteiger partial charge in [-0.15, -0.1) is 0 Å². The molecule has 30 heavy (non-hydrogen) atoms. The summed E-state index contributed by atoms with van der Waals surface area (Å²) in [4.78, 5) is 0. The van der Waals surface area contributed by atoms with Crippen molar-refractivity contribution in [3.05, 3.63) is 102 Å². The Morgan fingerprint density at radius 3 is 1.53 bits per heavy atom. The van der Waals surface area contributed by atoms with Gasteiger partial charge in [0.15, 0.2) is 0 Å². The van der Waals surface area contributed by atoms with E-state index < -0.39 is 7.25 Å². The van der Waals surface area contributed by atoms with E-state index in [1.165, 1.54) is 5.56 Å². The molecule has 1 aromatic heterocycles. The highest BCUT2D eigenvalue weighted by atomic mass is 79.9. The fourth-order valence-corrected chi connectivity index (χ4v) is 3.23. The first-order chi connectivity index (χ1) is 14.3. The molecule has 0 aliphatic carbocycles. The Bertz CT molecular complexity index is 1040. The van der Waals surface area contributed by atoms with E-state index in [-0.39, 0.29) is 0 Å². The summed E-state index contributed by atoms with van der Waals surface area (Å²) < 4.78 is 46.3. The standard InChI is InChI=1S/C23H16BrO.BF4/c24-21-13-7-12-19(14-21)23-16-20(17-8-3-1-4-9-17)15-22(25-23)18-10-5-2-6-11-18;2-1(3,4)5/h1-16H;/q+1;-1. The molecule has 0 aliphatic heterocycles. The van der Waals surface area contributed by atoms with Crippen LogP contribution in [0, 0.1) is 0 Å². The Balaban J connectivity index is 0.000000461. The third-order valence-corrected chi connectivity index (χ3v) is 4.56. The van der Waals surface area contributed by atoms with Crippen LogP contribution in [0.4, 0.5) is 17.3 Å². The van der Waals surface area contributed by atoms with Crippen molar-refractivity contribution in [1.29, 1.82) is 0 Å². The van der Waals surface area contributed by atoms with Crippen molar-refractivity contribution in [2.24, 2.45) is 0 Å². The number of rotatable bonds is 3. The zero-order valence-electron chi connectivity index (χ0n) is 15.6. The van der Waals surface area contributed by atoms with E-state index in [1.807, 2.05) is 36.4 Å². The number of hydrogen-bond acceptors (Lipinski definition) is 0. The van der Waals surface area contributed by atoms with E-state index in [9.17, 15) is 17.3 Å². The molecule has 0 aliphatic rings. The van der Waals surface area contributed by atoms with Crippen molar-refractivity contribution >= 4 is 23.2 Å². The molecule has 1 heterocycles. The minimum absolute atomic E-state index is 0.849. The first-order valence-corrected chi connectivity index (χ1v) is 9.81. The molecule has 0 bridgehead atoms. The maximum atomic E-state index is 9.75. The van der Waals surface area contributed by atoms with Gasteiger partial charge in [0.2, 0.25) is 0 Å². The molecule has 0 spiro atoms. The first kappa shape index (κ1) is 21.8. The lowest BCUT2D eigenvalue weighted by Gasteiger charge is -2.02. The summed E-state index contributed by atoms with van der Waals surface area (Å²) in [6.45, 7) is 0. The second kappa shape index (κ2) is 9.72. The minimum Gasteiger partial charge on any atom is -0.418 e. The molecule has 0 atom stereocenters. The van der Waals surface area contributed by atoms with Gasteiger partial charge < -0.3 is 17.3 Å². The Kier molecular flexibility index (Phi) is 7.05. The molecule has 0 N–H and O–H groups in total. The molecule has 7 heteroatoms. The SMILES string of the molecule is Brc1cccc(-c2cc(-c3ccccc3)cc(-c3ccccc3)[o+]2)c1.F[B-](F)(F)F. The van der Waals surface area contributed by atoms with E-state index in [1.54, 1.807) is 0 Å². The Labute approximate surface area is 180 Å². The van der Waals surface area contributed by atoms with Gasteiger partial charge in [-0.2, -0.15) is 0 Å². The van der Waals surface area contributed by atoms with Crippen LogP contribution in [0.15, 0.2) is 106 Å². The second-order valence-corrected chi connectivity index (χ2v) is 7.23. The lowest BCUT2D eigenvalue weighted by Crippen LogP contribution is -2.02. The molecule has 0 fully saturated rings. The molecule has 0 radical (unpaired) electrons. The summed E-state index contributed by atoms with van der Waals surface area (Å²) in [7, 11) is -6.00. The van der Waals surface area contributed by atoms with Crippen molar-refractivity contribution < 1.29 is 21.7 Å². The normalized spacial score (nSPS) is 10.8. The van der Waals surface area contributed by atoms with Crippen LogP contribution in [0.25, 0.3) is 33.8 Å². The number of benzene rings is 3. The molecular formula is C23H16BBrF4O. The van der Waals surface area contributed by atoms with Crippen LogP contribution in [0.2, 0.25) is 0 Å². The van der Waals surface area contributed by atoms with Crippen LogP contribution in [-0.2, 0) is 0 Å². The summed E-state index contributed by atoms with van der Waals surface area (Å²) in [5.41, 5.74) is 4.42. The Morgan fingerprint density at radius 2 is 1.00 bits per heavy atom. The van der Waals surface area contributed by atoms with Crippen LogP contribution >= 0.6 is 15.9 Å². The van der Waals surface area contributed by atoms with Crippen molar-refractivity contribution in [2.75, 3.05) is 0 Å². The van der Waals surface area contributed by atoms with Gasteiger partial charge in [0.25, 0.3) is 0 Å². The highest BCUT2D eigenvalue weighted by Gasteiger charge is 2.21. The largest absolute Gasteiger partial charge is 0.673 e. The molecule has 3 aromatic carbocycles. The smallest absolute Gasteiger partial charge is 0.418 e. The van der Waals surface area contributed by atoms with Crippen LogP contribution in [0.5, 0.6) is 0 Å². The van der Waals surface area contributed by atoms with Gasteiger partial charge in [0.05, 0.1) is 23.3 Å². The second-order valence-electron chi connectivity index (χ2n) is 6.31. The van der Waals surface area contributed by atoms with E-state index in [2.05, 4.69) is 76.6 Å². The molecule has 0 amide bonds. The van der Waals surface area contributed by atoms with Crippen LogP contribution in [0.3, 0.4) is 0 Å². The van der Waals surface area contributed by atoms with E-state index >= 15 is 0 Å². The van der Waals surface area contributed by atoms with Gasteiger partial charge in [-0.05, 0) is 35.9 Å². The third-order valence-electron chi connectivity index (χ3n) is 4.07. The molecule has 4 aromatic rings. The molecule has 4 rings (SSSR count). The van der Waals surface area contributed by atoms with Gasteiger partial charge in [-0.1, -0.05) is 70.5 Å². The van der Waals surface area contributed by atoms with E-state index in [4.69, 9.17) is 4.42 Å². The predicted octanol–water partition coefficient (Wildman–Crippen LogP) is 8.62. The monoisotopic (exact) mass is 474 g/mol. The van der Waals surface area contributed by atoms with Gasteiger partial charge in [-0.3, -0.25) is 0 Å². The fourth-order valence-electron chi connectivity index (χ4n) is 2.83. The zero-order chi connectivity index (χ0) is 21.6. The number of hydrogen-bond donors (Lipinski definition) is 0. The van der Waals surface area contributed by atoms with Crippen LogP contribution in [-0.4, -0.2) is 7.25 Å². The Hall–Kier alpha value is -2.93. The van der Waals surface area contributed by atoms with Crippen molar-refractivity contribution in [2.45, 2.75) is 0 Å². The van der Waals surface area contributed by atoms with Crippen LogP contribution in [0.1, 0.15) is 0 Å². The van der Waals surface area contributed by atoms with E-state index in [0.717, 1.165) is 32.7 Å². The third kappa shape index (κ3) is 6.56. The summed E-state index contributed by atoms with van der Waals surface area (Å²) in [6.07, 6.45) is 0. The fraction of sp³-hybridized carbons (Fsp3) is 0. The summed E-state index contributed by atoms with van der Waals surface area (Å²) >= 11 is 3.54. The zero-order valence-corrected chi connectivity index (χ0v) is 17.2. The lowest BCUT2D eigenvalue weighted by molar-refractivity contribution is 0.368. The first-order valence-electron chi connectivity index (χ1n) is 9.02. The molecule has 0 saturated carbocycles. The summed E-state index contributed by atoms with van der Waals surface area (Å²) in [5.74, 6) is 1.71. The van der Waals surface area contributed by atoms with Gasteiger partial charge in [0, 0.05) is 10.0 Å². The van der Waals surface area contributed by atoms with Crippen molar-refractivity contribution in [3.63, 3.8) is 0 Å². The highest BCUT2D eigenvalue weighted by molar-refractivity contribution is 9.10. The quantitative estimate of drug-likeness (QED) is 0.164. The van der Waals surface area contributed by atoms with E-state index in [0.29, 0.717) is 0 Å².